The Bertz CT molecular complexity index is 563. The Morgan fingerprint density at radius 3 is 2.05 bits per heavy atom. The van der Waals surface area contributed by atoms with Gasteiger partial charge in [0.05, 0.1) is 6.10 Å². The third-order valence-electron chi connectivity index (χ3n) is 3.73. The summed E-state index contributed by atoms with van der Waals surface area (Å²) in [4.78, 5) is 0. The SMILES string of the molecule is Cc1cccc(C(O)(c2ccccc2)C(O)C(C)C)c1. The molecule has 0 aliphatic rings. The molecule has 2 aromatic carbocycles. The van der Waals surface area contributed by atoms with Crippen molar-refractivity contribution in [2.24, 2.45) is 5.92 Å². The average molecular weight is 270 g/mol. The van der Waals surface area contributed by atoms with Crippen molar-refractivity contribution in [1.29, 1.82) is 0 Å². The molecule has 106 valence electrons. The molecule has 2 N–H and O–H groups in total. The molecule has 2 nitrogen and oxygen atoms in total. The molecule has 0 radical (unpaired) electrons. The molecule has 2 heteroatoms. The lowest BCUT2D eigenvalue weighted by Gasteiger charge is -2.36. The molecule has 2 aromatic rings. The van der Waals surface area contributed by atoms with Gasteiger partial charge in [-0.3, -0.25) is 0 Å². The summed E-state index contributed by atoms with van der Waals surface area (Å²) in [5.41, 5.74) is 1.12. The van der Waals surface area contributed by atoms with Gasteiger partial charge in [0.2, 0.25) is 0 Å². The lowest BCUT2D eigenvalue weighted by molar-refractivity contribution is -0.0717. The minimum atomic E-state index is -1.39. The molecule has 0 bridgehead atoms. The highest BCUT2D eigenvalue weighted by atomic mass is 16.3. The van der Waals surface area contributed by atoms with E-state index in [9.17, 15) is 10.2 Å². The van der Waals surface area contributed by atoms with Crippen LogP contribution in [0.3, 0.4) is 0 Å². The quantitative estimate of drug-likeness (QED) is 0.895. The Morgan fingerprint density at radius 1 is 0.900 bits per heavy atom. The molecule has 0 fully saturated rings. The number of hydrogen-bond acceptors (Lipinski definition) is 2. The first-order valence-corrected chi connectivity index (χ1v) is 6.99. The highest BCUT2D eigenvalue weighted by molar-refractivity contribution is 5.39. The summed E-state index contributed by atoms with van der Waals surface area (Å²) in [5.74, 6) is -0.0549. The predicted molar refractivity (Wildman–Crippen MR) is 81.5 cm³/mol. The van der Waals surface area contributed by atoms with E-state index in [0.29, 0.717) is 5.56 Å². The molecule has 0 saturated carbocycles. The highest BCUT2D eigenvalue weighted by Gasteiger charge is 2.40. The second-order valence-electron chi connectivity index (χ2n) is 5.69. The number of aliphatic hydroxyl groups is 2. The number of aryl methyl sites for hydroxylation is 1. The fraction of sp³-hybridized carbons (Fsp3) is 0.333. The van der Waals surface area contributed by atoms with Crippen LogP contribution in [0.4, 0.5) is 0 Å². The van der Waals surface area contributed by atoms with E-state index in [1.54, 1.807) is 0 Å². The van der Waals surface area contributed by atoms with Gasteiger partial charge in [0, 0.05) is 0 Å². The van der Waals surface area contributed by atoms with Crippen LogP contribution in [0.5, 0.6) is 0 Å². The Hall–Kier alpha value is -1.64. The van der Waals surface area contributed by atoms with Gasteiger partial charge in [0.1, 0.15) is 5.60 Å². The van der Waals surface area contributed by atoms with Crippen LogP contribution in [0.15, 0.2) is 54.6 Å². The summed E-state index contributed by atoms with van der Waals surface area (Å²) >= 11 is 0. The van der Waals surface area contributed by atoms with Crippen molar-refractivity contribution in [3.05, 3.63) is 71.3 Å². The van der Waals surface area contributed by atoms with Crippen molar-refractivity contribution in [3.63, 3.8) is 0 Å². The molecular weight excluding hydrogens is 248 g/mol. The van der Waals surface area contributed by atoms with Crippen LogP contribution in [-0.2, 0) is 5.60 Å². The van der Waals surface area contributed by atoms with Gasteiger partial charge in [0.15, 0.2) is 0 Å². The Labute approximate surface area is 120 Å². The largest absolute Gasteiger partial charge is 0.389 e. The van der Waals surface area contributed by atoms with Crippen molar-refractivity contribution in [2.75, 3.05) is 0 Å². The van der Waals surface area contributed by atoms with E-state index in [0.717, 1.165) is 11.1 Å². The minimum absolute atomic E-state index is 0.0549. The van der Waals surface area contributed by atoms with Crippen LogP contribution < -0.4 is 0 Å². The van der Waals surface area contributed by atoms with Gasteiger partial charge in [0.25, 0.3) is 0 Å². The van der Waals surface area contributed by atoms with E-state index in [1.165, 1.54) is 0 Å². The summed E-state index contributed by atoms with van der Waals surface area (Å²) in [6, 6.07) is 17.1. The first-order valence-electron chi connectivity index (χ1n) is 6.99. The van der Waals surface area contributed by atoms with Gasteiger partial charge in [-0.1, -0.05) is 74.0 Å². The number of rotatable bonds is 4. The van der Waals surface area contributed by atoms with Crippen LogP contribution in [0.25, 0.3) is 0 Å². The zero-order valence-electron chi connectivity index (χ0n) is 12.2. The minimum Gasteiger partial charge on any atom is -0.389 e. The van der Waals surface area contributed by atoms with E-state index in [1.807, 2.05) is 75.4 Å². The van der Waals surface area contributed by atoms with Gasteiger partial charge in [-0.2, -0.15) is 0 Å². The van der Waals surface area contributed by atoms with Gasteiger partial charge >= 0.3 is 0 Å². The Balaban J connectivity index is 2.61. The third kappa shape index (κ3) is 2.62. The van der Waals surface area contributed by atoms with Gasteiger partial charge in [-0.05, 0) is 24.0 Å². The summed E-state index contributed by atoms with van der Waals surface area (Å²) in [6.07, 6.45) is -0.869. The molecule has 20 heavy (non-hydrogen) atoms. The topological polar surface area (TPSA) is 40.5 Å². The fourth-order valence-corrected chi connectivity index (χ4v) is 2.56. The molecule has 0 saturated heterocycles. The zero-order valence-corrected chi connectivity index (χ0v) is 12.2. The van der Waals surface area contributed by atoms with E-state index in [2.05, 4.69) is 0 Å². The molecule has 0 aromatic heterocycles. The molecule has 2 atom stereocenters. The maximum absolute atomic E-state index is 11.3. The predicted octanol–water partition coefficient (Wildman–Crippen LogP) is 3.25. The monoisotopic (exact) mass is 270 g/mol. The smallest absolute Gasteiger partial charge is 0.141 e. The average Bonchev–Trinajstić information content (AvgIpc) is 2.46. The fourth-order valence-electron chi connectivity index (χ4n) is 2.56. The van der Waals surface area contributed by atoms with Crippen molar-refractivity contribution < 1.29 is 10.2 Å². The normalized spacial score (nSPS) is 15.9. The van der Waals surface area contributed by atoms with Crippen molar-refractivity contribution in [2.45, 2.75) is 32.5 Å². The third-order valence-corrected chi connectivity index (χ3v) is 3.73. The van der Waals surface area contributed by atoms with E-state index in [-0.39, 0.29) is 5.92 Å². The summed E-state index contributed by atoms with van der Waals surface area (Å²) < 4.78 is 0. The first-order chi connectivity index (χ1) is 9.46. The van der Waals surface area contributed by atoms with Crippen LogP contribution in [0.1, 0.15) is 30.5 Å². The van der Waals surface area contributed by atoms with E-state index >= 15 is 0 Å². The van der Waals surface area contributed by atoms with Crippen LogP contribution >= 0.6 is 0 Å². The number of benzene rings is 2. The standard InChI is InChI=1S/C18H22O2/c1-13(2)17(19)18(20,15-9-5-4-6-10-15)16-11-7-8-14(3)12-16/h4-13,17,19-20H,1-3H3. The first kappa shape index (κ1) is 14.8. The maximum Gasteiger partial charge on any atom is 0.141 e. The molecule has 0 heterocycles. The van der Waals surface area contributed by atoms with E-state index in [4.69, 9.17) is 0 Å². The molecule has 0 aliphatic carbocycles. The molecule has 2 rings (SSSR count). The van der Waals surface area contributed by atoms with Crippen molar-refractivity contribution in [3.8, 4) is 0 Å². The molecule has 2 unspecified atom stereocenters. The van der Waals surface area contributed by atoms with Gasteiger partial charge < -0.3 is 10.2 Å². The Kier molecular flexibility index (Phi) is 4.26. The number of aliphatic hydroxyl groups excluding tert-OH is 1. The summed E-state index contributed by atoms with van der Waals surface area (Å²) in [6.45, 7) is 5.80. The van der Waals surface area contributed by atoms with E-state index < -0.39 is 11.7 Å². The van der Waals surface area contributed by atoms with Gasteiger partial charge in [-0.15, -0.1) is 0 Å². The highest BCUT2D eigenvalue weighted by Crippen LogP contribution is 2.36. The lowest BCUT2D eigenvalue weighted by Crippen LogP contribution is -2.43. The molecule has 0 amide bonds. The zero-order chi connectivity index (χ0) is 14.8. The van der Waals surface area contributed by atoms with Crippen molar-refractivity contribution >= 4 is 0 Å². The maximum atomic E-state index is 11.3. The molecule has 0 spiro atoms. The van der Waals surface area contributed by atoms with Crippen molar-refractivity contribution in [1.82, 2.24) is 0 Å². The second kappa shape index (κ2) is 5.78. The molecular formula is C18H22O2. The summed E-state index contributed by atoms with van der Waals surface area (Å²) in [5, 5.41) is 21.9. The van der Waals surface area contributed by atoms with Crippen LogP contribution in [-0.4, -0.2) is 16.3 Å². The van der Waals surface area contributed by atoms with Crippen LogP contribution in [0.2, 0.25) is 0 Å². The second-order valence-corrected chi connectivity index (χ2v) is 5.69. The number of hydrogen-bond donors (Lipinski definition) is 2. The lowest BCUT2D eigenvalue weighted by atomic mass is 9.77. The Morgan fingerprint density at radius 2 is 1.50 bits per heavy atom. The van der Waals surface area contributed by atoms with Gasteiger partial charge in [-0.25, -0.2) is 0 Å². The molecule has 0 aliphatic heterocycles. The summed E-state index contributed by atoms with van der Waals surface area (Å²) in [7, 11) is 0. The van der Waals surface area contributed by atoms with Crippen LogP contribution in [0, 0.1) is 12.8 Å².